The summed E-state index contributed by atoms with van der Waals surface area (Å²) in [6.07, 6.45) is 10.4. The predicted octanol–water partition coefficient (Wildman–Crippen LogP) is 5.11. The minimum Gasteiger partial charge on any atom is -0.504 e. The van der Waals surface area contributed by atoms with Crippen molar-refractivity contribution in [2.75, 3.05) is 7.11 Å². The fraction of sp³-hybridized carbons (Fsp3) is 0.611. The van der Waals surface area contributed by atoms with Gasteiger partial charge in [-0.05, 0) is 24.6 Å². The van der Waals surface area contributed by atoms with Crippen LogP contribution in [-0.2, 0) is 0 Å². The van der Waals surface area contributed by atoms with Crippen LogP contribution in [0.25, 0.3) is 0 Å². The number of benzene rings is 1. The number of rotatable bonds is 11. The van der Waals surface area contributed by atoms with Gasteiger partial charge in [0.15, 0.2) is 17.3 Å². The van der Waals surface area contributed by atoms with Crippen LogP contribution in [0.5, 0.6) is 11.5 Å². The first-order valence-corrected chi connectivity index (χ1v) is 8.09. The zero-order valence-electron chi connectivity index (χ0n) is 13.4. The SMILES string of the molecule is CCCCCCCCCCC(=O)c1ccc(O)c(OC)c1. The smallest absolute Gasteiger partial charge is 0.163 e. The largest absolute Gasteiger partial charge is 0.504 e. The van der Waals surface area contributed by atoms with Crippen LogP contribution in [0.2, 0.25) is 0 Å². The number of hydrogen-bond acceptors (Lipinski definition) is 3. The lowest BCUT2D eigenvalue weighted by molar-refractivity contribution is 0.0978. The molecular formula is C18H28O3. The number of hydrogen-bond donors (Lipinski definition) is 1. The molecule has 1 N–H and O–H groups in total. The number of ketones is 1. The topological polar surface area (TPSA) is 46.5 Å². The summed E-state index contributed by atoms with van der Waals surface area (Å²) in [5.74, 6) is 0.553. The summed E-state index contributed by atoms with van der Waals surface area (Å²) in [7, 11) is 1.49. The third-order valence-corrected chi connectivity index (χ3v) is 3.76. The number of unbranched alkanes of at least 4 members (excludes halogenated alkanes) is 7. The summed E-state index contributed by atoms with van der Waals surface area (Å²) in [5, 5.41) is 9.52. The van der Waals surface area contributed by atoms with Crippen LogP contribution in [0.3, 0.4) is 0 Å². The molecule has 0 saturated carbocycles. The Morgan fingerprint density at radius 3 is 2.29 bits per heavy atom. The van der Waals surface area contributed by atoms with Crippen LogP contribution in [0.1, 0.15) is 75.1 Å². The van der Waals surface area contributed by atoms with Gasteiger partial charge in [-0.2, -0.15) is 0 Å². The molecular weight excluding hydrogens is 264 g/mol. The zero-order valence-corrected chi connectivity index (χ0v) is 13.4. The number of carbonyl (C=O) groups excluding carboxylic acids is 1. The molecule has 1 aromatic rings. The lowest BCUT2D eigenvalue weighted by Gasteiger charge is -2.06. The van der Waals surface area contributed by atoms with Crippen molar-refractivity contribution in [2.45, 2.75) is 64.7 Å². The van der Waals surface area contributed by atoms with Gasteiger partial charge in [0.2, 0.25) is 0 Å². The number of aromatic hydroxyl groups is 1. The molecule has 0 aromatic heterocycles. The van der Waals surface area contributed by atoms with E-state index < -0.39 is 0 Å². The van der Waals surface area contributed by atoms with Crippen LogP contribution >= 0.6 is 0 Å². The second kappa shape index (κ2) is 10.3. The van der Waals surface area contributed by atoms with Crippen molar-refractivity contribution in [3.05, 3.63) is 23.8 Å². The number of carbonyl (C=O) groups is 1. The molecule has 0 aliphatic rings. The Morgan fingerprint density at radius 2 is 1.67 bits per heavy atom. The first kappa shape index (κ1) is 17.5. The highest BCUT2D eigenvalue weighted by Gasteiger charge is 2.09. The van der Waals surface area contributed by atoms with Crippen molar-refractivity contribution in [1.29, 1.82) is 0 Å². The Morgan fingerprint density at radius 1 is 1.05 bits per heavy atom. The minimum atomic E-state index is 0.0705. The Bertz CT molecular complexity index is 426. The van der Waals surface area contributed by atoms with Gasteiger partial charge in [-0.1, -0.05) is 51.9 Å². The van der Waals surface area contributed by atoms with Crippen LogP contribution in [-0.4, -0.2) is 18.0 Å². The lowest BCUT2D eigenvalue weighted by Crippen LogP contribution is -1.99. The summed E-state index contributed by atoms with van der Waals surface area (Å²) >= 11 is 0. The summed E-state index contributed by atoms with van der Waals surface area (Å²) in [6, 6.07) is 4.78. The molecule has 0 aliphatic carbocycles. The van der Waals surface area contributed by atoms with E-state index in [-0.39, 0.29) is 11.5 Å². The van der Waals surface area contributed by atoms with Gasteiger partial charge >= 0.3 is 0 Å². The van der Waals surface area contributed by atoms with E-state index in [2.05, 4.69) is 6.92 Å². The number of phenolic OH excluding ortho intramolecular Hbond substituents is 1. The molecule has 0 saturated heterocycles. The summed E-state index contributed by atoms with van der Waals surface area (Å²) < 4.78 is 5.02. The maximum Gasteiger partial charge on any atom is 0.163 e. The highest BCUT2D eigenvalue weighted by molar-refractivity contribution is 5.96. The highest BCUT2D eigenvalue weighted by Crippen LogP contribution is 2.27. The van der Waals surface area contributed by atoms with Crippen LogP contribution in [0.15, 0.2) is 18.2 Å². The Balaban J connectivity index is 2.22. The first-order chi connectivity index (χ1) is 10.2. The van der Waals surface area contributed by atoms with Crippen LogP contribution in [0.4, 0.5) is 0 Å². The molecule has 0 spiro atoms. The van der Waals surface area contributed by atoms with Gasteiger partial charge < -0.3 is 9.84 Å². The maximum absolute atomic E-state index is 12.1. The average Bonchev–Trinajstić information content (AvgIpc) is 2.50. The van der Waals surface area contributed by atoms with Gasteiger partial charge in [-0.25, -0.2) is 0 Å². The molecule has 0 aliphatic heterocycles. The monoisotopic (exact) mass is 292 g/mol. The maximum atomic E-state index is 12.1. The van der Waals surface area contributed by atoms with Gasteiger partial charge in [-0.3, -0.25) is 4.79 Å². The molecule has 3 nitrogen and oxygen atoms in total. The van der Waals surface area contributed by atoms with Gasteiger partial charge in [0.05, 0.1) is 7.11 Å². The van der Waals surface area contributed by atoms with Crippen molar-refractivity contribution >= 4 is 5.78 Å². The Labute approximate surface area is 128 Å². The molecule has 1 aromatic carbocycles. The van der Waals surface area contributed by atoms with E-state index in [0.717, 1.165) is 12.8 Å². The summed E-state index contributed by atoms with van der Waals surface area (Å²) in [5.41, 5.74) is 0.618. The quantitative estimate of drug-likeness (QED) is 0.455. The fourth-order valence-corrected chi connectivity index (χ4v) is 2.41. The second-order valence-electron chi connectivity index (χ2n) is 5.53. The van der Waals surface area contributed by atoms with E-state index in [1.807, 2.05) is 0 Å². The molecule has 118 valence electrons. The number of phenols is 1. The normalized spacial score (nSPS) is 10.6. The van der Waals surface area contributed by atoms with Crippen molar-refractivity contribution in [3.8, 4) is 11.5 Å². The van der Waals surface area contributed by atoms with E-state index in [9.17, 15) is 9.90 Å². The first-order valence-electron chi connectivity index (χ1n) is 8.09. The van der Waals surface area contributed by atoms with Gasteiger partial charge in [0.1, 0.15) is 0 Å². The minimum absolute atomic E-state index is 0.0705. The third-order valence-electron chi connectivity index (χ3n) is 3.76. The van der Waals surface area contributed by atoms with Crippen molar-refractivity contribution in [3.63, 3.8) is 0 Å². The number of methoxy groups -OCH3 is 1. The van der Waals surface area contributed by atoms with Gasteiger partial charge in [0, 0.05) is 12.0 Å². The van der Waals surface area contributed by atoms with Crippen LogP contribution in [0, 0.1) is 0 Å². The standard InChI is InChI=1S/C18H28O3/c1-3-4-5-6-7-8-9-10-11-16(19)15-12-13-17(20)18(14-15)21-2/h12-14,20H,3-11H2,1-2H3. The molecule has 21 heavy (non-hydrogen) atoms. The predicted molar refractivity (Wildman–Crippen MR) is 86.2 cm³/mol. The molecule has 3 heteroatoms. The van der Waals surface area contributed by atoms with E-state index in [4.69, 9.17) is 4.74 Å². The van der Waals surface area contributed by atoms with E-state index in [1.165, 1.54) is 51.7 Å². The molecule has 0 radical (unpaired) electrons. The Hall–Kier alpha value is -1.51. The molecule has 0 fully saturated rings. The van der Waals surface area contributed by atoms with Crippen molar-refractivity contribution < 1.29 is 14.6 Å². The molecule has 0 bridgehead atoms. The van der Waals surface area contributed by atoms with E-state index in [0.29, 0.717) is 17.7 Å². The van der Waals surface area contributed by atoms with Gasteiger partial charge in [0.25, 0.3) is 0 Å². The molecule has 0 amide bonds. The van der Waals surface area contributed by atoms with E-state index >= 15 is 0 Å². The zero-order chi connectivity index (χ0) is 15.5. The number of ether oxygens (including phenoxy) is 1. The fourth-order valence-electron chi connectivity index (χ4n) is 2.41. The van der Waals surface area contributed by atoms with Crippen LogP contribution < -0.4 is 4.74 Å². The van der Waals surface area contributed by atoms with Gasteiger partial charge in [-0.15, -0.1) is 0 Å². The summed E-state index contributed by atoms with van der Waals surface area (Å²) in [4.78, 5) is 12.1. The molecule has 1 rings (SSSR count). The van der Waals surface area contributed by atoms with Crippen molar-refractivity contribution in [1.82, 2.24) is 0 Å². The number of Topliss-reactive ketones (excluding diaryl/α,β-unsaturated/α-hetero) is 1. The van der Waals surface area contributed by atoms with Crippen molar-refractivity contribution in [2.24, 2.45) is 0 Å². The second-order valence-corrected chi connectivity index (χ2v) is 5.53. The summed E-state index contributed by atoms with van der Waals surface area (Å²) in [6.45, 7) is 2.23. The highest BCUT2D eigenvalue weighted by atomic mass is 16.5. The third kappa shape index (κ3) is 6.65. The Kier molecular flexibility index (Phi) is 8.56. The molecule has 0 unspecified atom stereocenters. The molecule has 0 atom stereocenters. The lowest BCUT2D eigenvalue weighted by atomic mass is 10.0. The van der Waals surface area contributed by atoms with E-state index in [1.54, 1.807) is 12.1 Å². The molecule has 0 heterocycles. The average molecular weight is 292 g/mol.